The predicted octanol–water partition coefficient (Wildman–Crippen LogP) is 2.66. The fraction of sp³-hybridized carbons (Fsp3) is 0.333. The Morgan fingerprint density at radius 3 is 2.67 bits per heavy atom. The molecular formula is C15H17N3O2S. The van der Waals surface area contributed by atoms with Gasteiger partial charge in [-0.3, -0.25) is 0 Å². The molecule has 0 fully saturated rings. The van der Waals surface area contributed by atoms with E-state index >= 15 is 0 Å². The van der Waals surface area contributed by atoms with Crippen LogP contribution in [0.3, 0.4) is 0 Å². The van der Waals surface area contributed by atoms with Crippen molar-refractivity contribution in [1.82, 2.24) is 14.6 Å². The molecule has 0 saturated carbocycles. The second-order valence-corrected chi connectivity index (χ2v) is 5.78. The molecule has 0 bridgehead atoms. The standard InChI is InChI=1S/C15H17N3O2S/c1-3-10-4-6-11(7-5-10)14-12(8-19)18-15(16-14)21-13(17-18)9-20-2/h4-7,19H,3,8-9H2,1-2H3. The van der Waals surface area contributed by atoms with Crippen LogP contribution in [0.4, 0.5) is 0 Å². The third-order valence-electron chi connectivity index (χ3n) is 3.39. The molecule has 3 aromatic rings. The lowest BCUT2D eigenvalue weighted by atomic mass is 10.1. The van der Waals surface area contributed by atoms with E-state index in [-0.39, 0.29) is 6.61 Å². The number of aryl methyl sites for hydroxylation is 1. The van der Waals surface area contributed by atoms with Crippen LogP contribution in [0.1, 0.15) is 23.2 Å². The average molecular weight is 303 g/mol. The van der Waals surface area contributed by atoms with Gasteiger partial charge in [-0.05, 0) is 12.0 Å². The summed E-state index contributed by atoms with van der Waals surface area (Å²) in [5.74, 6) is 0. The van der Waals surface area contributed by atoms with E-state index in [0.717, 1.165) is 27.6 Å². The van der Waals surface area contributed by atoms with E-state index in [2.05, 4.69) is 29.1 Å². The maximum Gasteiger partial charge on any atom is 0.213 e. The SMILES string of the molecule is CCc1ccc(-c2nc3sc(COC)nn3c2CO)cc1. The van der Waals surface area contributed by atoms with Gasteiger partial charge in [0.2, 0.25) is 4.96 Å². The van der Waals surface area contributed by atoms with E-state index in [1.807, 2.05) is 12.1 Å². The molecule has 110 valence electrons. The zero-order valence-corrected chi connectivity index (χ0v) is 12.9. The summed E-state index contributed by atoms with van der Waals surface area (Å²) in [6, 6.07) is 8.27. The molecule has 6 heteroatoms. The minimum absolute atomic E-state index is 0.0951. The normalized spacial score (nSPS) is 11.4. The Morgan fingerprint density at radius 1 is 1.29 bits per heavy atom. The van der Waals surface area contributed by atoms with E-state index < -0.39 is 0 Å². The van der Waals surface area contributed by atoms with E-state index in [4.69, 9.17) is 4.74 Å². The molecule has 1 N–H and O–H groups in total. The van der Waals surface area contributed by atoms with Crippen LogP contribution < -0.4 is 0 Å². The number of hydrogen-bond acceptors (Lipinski definition) is 5. The molecule has 0 atom stereocenters. The van der Waals surface area contributed by atoms with Crippen LogP contribution in [0.15, 0.2) is 24.3 Å². The molecule has 0 aliphatic rings. The van der Waals surface area contributed by atoms with Gasteiger partial charge in [0.1, 0.15) is 5.01 Å². The van der Waals surface area contributed by atoms with Gasteiger partial charge in [-0.1, -0.05) is 42.5 Å². The Kier molecular flexibility index (Phi) is 4.01. The number of aliphatic hydroxyl groups is 1. The fourth-order valence-corrected chi connectivity index (χ4v) is 3.17. The molecule has 3 rings (SSSR count). The predicted molar refractivity (Wildman–Crippen MR) is 82.3 cm³/mol. The van der Waals surface area contributed by atoms with Crippen molar-refractivity contribution in [3.8, 4) is 11.3 Å². The minimum Gasteiger partial charge on any atom is -0.390 e. The number of methoxy groups -OCH3 is 1. The number of fused-ring (bicyclic) bond motifs is 1. The van der Waals surface area contributed by atoms with Crippen molar-refractivity contribution in [3.05, 3.63) is 40.5 Å². The van der Waals surface area contributed by atoms with Crippen molar-refractivity contribution in [3.63, 3.8) is 0 Å². The second-order valence-electron chi connectivity index (χ2n) is 4.74. The van der Waals surface area contributed by atoms with Gasteiger partial charge in [0.05, 0.1) is 24.6 Å². The molecule has 0 radical (unpaired) electrons. The molecule has 0 aliphatic carbocycles. The molecule has 0 saturated heterocycles. The van der Waals surface area contributed by atoms with E-state index in [1.165, 1.54) is 16.9 Å². The number of imidazole rings is 1. The van der Waals surface area contributed by atoms with Crippen LogP contribution in [0.5, 0.6) is 0 Å². The highest BCUT2D eigenvalue weighted by atomic mass is 32.1. The van der Waals surface area contributed by atoms with Gasteiger partial charge in [-0.15, -0.1) is 0 Å². The van der Waals surface area contributed by atoms with Gasteiger partial charge in [-0.25, -0.2) is 9.50 Å². The van der Waals surface area contributed by atoms with Crippen LogP contribution >= 0.6 is 11.3 Å². The quantitative estimate of drug-likeness (QED) is 0.787. The summed E-state index contributed by atoms with van der Waals surface area (Å²) < 4.78 is 6.80. The summed E-state index contributed by atoms with van der Waals surface area (Å²) in [7, 11) is 1.64. The van der Waals surface area contributed by atoms with Crippen molar-refractivity contribution >= 4 is 16.3 Å². The topological polar surface area (TPSA) is 59.7 Å². The summed E-state index contributed by atoms with van der Waals surface area (Å²) in [6.07, 6.45) is 1.01. The summed E-state index contributed by atoms with van der Waals surface area (Å²) in [5, 5.41) is 15.0. The van der Waals surface area contributed by atoms with E-state index in [0.29, 0.717) is 12.3 Å². The lowest BCUT2D eigenvalue weighted by Gasteiger charge is -2.02. The van der Waals surface area contributed by atoms with Crippen LogP contribution in [0.25, 0.3) is 16.2 Å². The number of rotatable bonds is 5. The first-order valence-corrected chi connectivity index (χ1v) is 7.65. The van der Waals surface area contributed by atoms with Crippen molar-refractivity contribution < 1.29 is 9.84 Å². The van der Waals surface area contributed by atoms with Crippen LogP contribution in [-0.4, -0.2) is 26.8 Å². The van der Waals surface area contributed by atoms with Crippen molar-refractivity contribution in [2.75, 3.05) is 7.11 Å². The van der Waals surface area contributed by atoms with Gasteiger partial charge in [0, 0.05) is 12.7 Å². The number of aromatic nitrogens is 3. The van der Waals surface area contributed by atoms with Crippen molar-refractivity contribution in [2.45, 2.75) is 26.6 Å². The Morgan fingerprint density at radius 2 is 2.05 bits per heavy atom. The van der Waals surface area contributed by atoms with Gasteiger partial charge < -0.3 is 9.84 Å². The first kappa shape index (κ1) is 14.2. The van der Waals surface area contributed by atoms with Crippen LogP contribution in [-0.2, 0) is 24.4 Å². The Hall–Kier alpha value is -1.76. The lowest BCUT2D eigenvalue weighted by molar-refractivity contribution is 0.183. The molecule has 1 aromatic carbocycles. The lowest BCUT2D eigenvalue weighted by Crippen LogP contribution is -1.97. The molecule has 21 heavy (non-hydrogen) atoms. The maximum atomic E-state index is 9.68. The average Bonchev–Trinajstić information content (AvgIpc) is 3.04. The largest absolute Gasteiger partial charge is 0.390 e. The van der Waals surface area contributed by atoms with Gasteiger partial charge in [-0.2, -0.15) is 5.10 Å². The monoisotopic (exact) mass is 303 g/mol. The Bertz CT molecular complexity index is 746. The number of aliphatic hydroxyl groups excluding tert-OH is 1. The number of benzene rings is 1. The van der Waals surface area contributed by atoms with Gasteiger partial charge >= 0.3 is 0 Å². The van der Waals surface area contributed by atoms with E-state index in [1.54, 1.807) is 11.6 Å². The highest BCUT2D eigenvalue weighted by Gasteiger charge is 2.17. The molecule has 2 aromatic heterocycles. The van der Waals surface area contributed by atoms with Gasteiger partial charge in [0.15, 0.2) is 0 Å². The maximum absolute atomic E-state index is 9.68. The summed E-state index contributed by atoms with van der Waals surface area (Å²) >= 11 is 1.48. The van der Waals surface area contributed by atoms with Crippen LogP contribution in [0.2, 0.25) is 0 Å². The number of nitrogens with zero attached hydrogens (tertiary/aromatic N) is 3. The third-order valence-corrected chi connectivity index (χ3v) is 4.27. The molecule has 0 unspecified atom stereocenters. The number of hydrogen-bond donors (Lipinski definition) is 1. The fourth-order valence-electron chi connectivity index (χ4n) is 2.28. The molecule has 2 heterocycles. The molecule has 0 amide bonds. The zero-order chi connectivity index (χ0) is 14.8. The van der Waals surface area contributed by atoms with Crippen molar-refractivity contribution in [1.29, 1.82) is 0 Å². The van der Waals surface area contributed by atoms with E-state index in [9.17, 15) is 5.11 Å². The first-order chi connectivity index (χ1) is 10.3. The highest BCUT2D eigenvalue weighted by Crippen LogP contribution is 2.27. The minimum atomic E-state index is -0.0951. The number of ether oxygens (including phenoxy) is 1. The first-order valence-electron chi connectivity index (χ1n) is 6.83. The Balaban J connectivity index is 2.06. The molecule has 0 spiro atoms. The van der Waals surface area contributed by atoms with Crippen molar-refractivity contribution in [2.24, 2.45) is 0 Å². The molecular weight excluding hydrogens is 286 g/mol. The zero-order valence-electron chi connectivity index (χ0n) is 12.0. The molecule has 5 nitrogen and oxygen atoms in total. The smallest absolute Gasteiger partial charge is 0.213 e. The molecule has 0 aliphatic heterocycles. The third kappa shape index (κ3) is 2.57. The summed E-state index contributed by atoms with van der Waals surface area (Å²) in [6.45, 7) is 2.49. The van der Waals surface area contributed by atoms with Crippen LogP contribution in [0, 0.1) is 0 Å². The van der Waals surface area contributed by atoms with Gasteiger partial charge in [0.25, 0.3) is 0 Å². The second kappa shape index (κ2) is 5.93. The summed E-state index contributed by atoms with van der Waals surface area (Å²) in [4.78, 5) is 5.39. The Labute approximate surface area is 126 Å². The highest BCUT2D eigenvalue weighted by molar-refractivity contribution is 7.16. The summed E-state index contributed by atoms with van der Waals surface area (Å²) in [5.41, 5.74) is 3.80.